The zero-order valence-electron chi connectivity index (χ0n) is 12.0. The number of nitrogens with zero attached hydrogens (tertiary/aromatic N) is 2. The maximum absolute atomic E-state index is 11.5. The molecule has 1 aromatic heterocycles. The fourth-order valence-electron chi connectivity index (χ4n) is 3.20. The van der Waals surface area contributed by atoms with Crippen molar-refractivity contribution in [3.8, 4) is 11.4 Å². The van der Waals surface area contributed by atoms with E-state index in [1.807, 2.05) is 36.5 Å². The van der Waals surface area contributed by atoms with E-state index >= 15 is 0 Å². The lowest BCUT2D eigenvalue weighted by Crippen LogP contribution is -2.48. The van der Waals surface area contributed by atoms with Crippen LogP contribution in [0.1, 0.15) is 25.3 Å². The molecule has 110 valence electrons. The van der Waals surface area contributed by atoms with Crippen LogP contribution in [0.3, 0.4) is 0 Å². The highest BCUT2D eigenvalue weighted by atomic mass is 16.4. The lowest BCUT2D eigenvalue weighted by atomic mass is 9.98. The summed E-state index contributed by atoms with van der Waals surface area (Å²) in [5.41, 5.74) is 0.239. The molecule has 0 aliphatic heterocycles. The summed E-state index contributed by atoms with van der Waals surface area (Å²) in [6.07, 6.45) is 5.78. The number of imidazole rings is 1. The van der Waals surface area contributed by atoms with Crippen LogP contribution in [0.4, 0.5) is 0 Å². The molecule has 0 saturated heterocycles. The molecular formula is C16H19N3O2. The van der Waals surface area contributed by atoms with E-state index < -0.39 is 11.5 Å². The molecule has 1 aliphatic rings. The van der Waals surface area contributed by atoms with Gasteiger partial charge in [-0.05, 0) is 26.3 Å². The summed E-state index contributed by atoms with van der Waals surface area (Å²) in [6, 6.07) is 10.2. The Hall–Kier alpha value is -2.14. The predicted octanol–water partition coefficient (Wildman–Crippen LogP) is 2.32. The van der Waals surface area contributed by atoms with Crippen molar-refractivity contribution in [2.75, 3.05) is 7.05 Å². The number of likely N-dealkylation sites (N-methyl/N-ethyl adjacent to an activating group) is 1. The van der Waals surface area contributed by atoms with Crippen LogP contribution in [0, 0.1) is 0 Å². The van der Waals surface area contributed by atoms with E-state index in [-0.39, 0.29) is 6.04 Å². The summed E-state index contributed by atoms with van der Waals surface area (Å²) < 4.78 is 2.11. The topological polar surface area (TPSA) is 67.2 Å². The van der Waals surface area contributed by atoms with Crippen LogP contribution < -0.4 is 5.32 Å². The monoisotopic (exact) mass is 285 g/mol. The molecule has 1 saturated carbocycles. The molecule has 5 nitrogen and oxygen atoms in total. The molecule has 1 heterocycles. The van der Waals surface area contributed by atoms with Crippen molar-refractivity contribution in [3.63, 3.8) is 0 Å². The van der Waals surface area contributed by atoms with Crippen LogP contribution in [0.15, 0.2) is 42.7 Å². The number of aliphatic carboxylic acids is 1. The molecule has 2 aromatic rings. The summed E-state index contributed by atoms with van der Waals surface area (Å²) in [7, 11) is 1.72. The van der Waals surface area contributed by atoms with E-state index in [2.05, 4.69) is 14.9 Å². The third-order valence-corrected chi connectivity index (χ3v) is 4.47. The van der Waals surface area contributed by atoms with E-state index in [9.17, 15) is 9.90 Å². The lowest BCUT2D eigenvalue weighted by molar-refractivity contribution is -0.144. The molecule has 0 bridgehead atoms. The van der Waals surface area contributed by atoms with Gasteiger partial charge in [-0.3, -0.25) is 4.79 Å². The number of hydrogen-bond acceptors (Lipinski definition) is 3. The van der Waals surface area contributed by atoms with Gasteiger partial charge in [0.15, 0.2) is 0 Å². The number of aromatic nitrogens is 2. The van der Waals surface area contributed by atoms with Crippen molar-refractivity contribution >= 4 is 5.97 Å². The van der Waals surface area contributed by atoms with Crippen LogP contribution in [0.2, 0.25) is 0 Å². The van der Waals surface area contributed by atoms with Gasteiger partial charge in [-0.15, -0.1) is 0 Å². The molecule has 2 atom stereocenters. The number of carbonyl (C=O) groups is 1. The smallest absolute Gasteiger partial charge is 0.323 e. The summed E-state index contributed by atoms with van der Waals surface area (Å²) in [6.45, 7) is 0. The van der Waals surface area contributed by atoms with Gasteiger partial charge in [0.2, 0.25) is 0 Å². The van der Waals surface area contributed by atoms with Gasteiger partial charge >= 0.3 is 5.97 Å². The first-order valence-corrected chi connectivity index (χ1v) is 7.17. The number of hydrogen-bond donors (Lipinski definition) is 2. The molecular weight excluding hydrogens is 266 g/mol. The number of carboxylic acid groups (broad SMARTS) is 1. The standard InChI is InChI=1S/C16H19N3O2/c1-17-16(15(20)21)8-7-13(11-16)19-10-9-18-14(19)12-5-3-2-4-6-12/h2-6,9-10,13,17H,7-8,11H2,1H3,(H,20,21). The minimum Gasteiger partial charge on any atom is -0.480 e. The minimum absolute atomic E-state index is 0.159. The Bertz CT molecular complexity index is 638. The molecule has 0 radical (unpaired) electrons. The lowest BCUT2D eigenvalue weighted by Gasteiger charge is -2.24. The Labute approximate surface area is 123 Å². The van der Waals surface area contributed by atoms with Gasteiger partial charge in [-0.2, -0.15) is 0 Å². The normalized spacial score (nSPS) is 25.1. The van der Waals surface area contributed by atoms with Crippen LogP contribution in [-0.4, -0.2) is 33.2 Å². The Morgan fingerprint density at radius 1 is 1.43 bits per heavy atom. The van der Waals surface area contributed by atoms with Crippen LogP contribution in [-0.2, 0) is 4.79 Å². The average Bonchev–Trinajstić information content (AvgIpc) is 3.15. The van der Waals surface area contributed by atoms with Gasteiger partial charge in [-0.25, -0.2) is 4.98 Å². The molecule has 21 heavy (non-hydrogen) atoms. The fraction of sp³-hybridized carbons (Fsp3) is 0.375. The molecule has 1 fully saturated rings. The van der Waals surface area contributed by atoms with Gasteiger partial charge in [0.1, 0.15) is 11.4 Å². The van der Waals surface area contributed by atoms with Gasteiger partial charge in [0.25, 0.3) is 0 Å². The highest BCUT2D eigenvalue weighted by Crippen LogP contribution is 2.39. The van der Waals surface area contributed by atoms with Crippen molar-refractivity contribution in [3.05, 3.63) is 42.7 Å². The highest BCUT2D eigenvalue weighted by molar-refractivity contribution is 5.79. The van der Waals surface area contributed by atoms with E-state index in [4.69, 9.17) is 0 Å². The average molecular weight is 285 g/mol. The van der Waals surface area contributed by atoms with E-state index in [1.54, 1.807) is 13.2 Å². The quantitative estimate of drug-likeness (QED) is 0.904. The molecule has 2 unspecified atom stereocenters. The van der Waals surface area contributed by atoms with E-state index in [1.165, 1.54) is 0 Å². The van der Waals surface area contributed by atoms with Gasteiger partial charge in [-0.1, -0.05) is 30.3 Å². The molecule has 2 N–H and O–H groups in total. The largest absolute Gasteiger partial charge is 0.480 e. The first-order valence-electron chi connectivity index (χ1n) is 7.17. The molecule has 1 aliphatic carbocycles. The van der Waals surface area contributed by atoms with Crippen molar-refractivity contribution in [2.24, 2.45) is 0 Å². The first kappa shape index (κ1) is 13.8. The Morgan fingerprint density at radius 2 is 2.19 bits per heavy atom. The Kier molecular flexibility index (Phi) is 3.51. The summed E-state index contributed by atoms with van der Waals surface area (Å²) in [4.78, 5) is 16.0. The zero-order valence-corrected chi connectivity index (χ0v) is 12.0. The Balaban J connectivity index is 1.91. The third-order valence-electron chi connectivity index (χ3n) is 4.47. The molecule has 1 aromatic carbocycles. The maximum atomic E-state index is 11.5. The SMILES string of the molecule is CNC1(C(=O)O)CCC(n2ccnc2-c2ccccc2)C1. The zero-order chi connectivity index (χ0) is 14.9. The van der Waals surface area contributed by atoms with Crippen LogP contribution in [0.25, 0.3) is 11.4 Å². The van der Waals surface area contributed by atoms with E-state index in [0.29, 0.717) is 12.8 Å². The summed E-state index contributed by atoms with van der Waals surface area (Å²) in [5.74, 6) is 0.131. The van der Waals surface area contributed by atoms with Crippen molar-refractivity contribution in [1.82, 2.24) is 14.9 Å². The van der Waals surface area contributed by atoms with Crippen LogP contribution in [0.5, 0.6) is 0 Å². The van der Waals surface area contributed by atoms with Crippen molar-refractivity contribution < 1.29 is 9.90 Å². The number of nitrogens with one attached hydrogen (secondary N) is 1. The maximum Gasteiger partial charge on any atom is 0.323 e. The number of benzene rings is 1. The number of rotatable bonds is 4. The second-order valence-corrected chi connectivity index (χ2v) is 5.56. The van der Waals surface area contributed by atoms with Crippen LogP contribution >= 0.6 is 0 Å². The first-order chi connectivity index (χ1) is 10.2. The molecule has 3 rings (SSSR count). The number of carboxylic acids is 1. The molecule has 0 spiro atoms. The van der Waals surface area contributed by atoms with Gasteiger partial charge in [0, 0.05) is 24.0 Å². The molecule has 0 amide bonds. The van der Waals surface area contributed by atoms with E-state index in [0.717, 1.165) is 17.8 Å². The second kappa shape index (κ2) is 5.33. The van der Waals surface area contributed by atoms with Gasteiger partial charge < -0.3 is 15.0 Å². The Morgan fingerprint density at radius 3 is 2.81 bits per heavy atom. The predicted molar refractivity (Wildman–Crippen MR) is 80.0 cm³/mol. The third kappa shape index (κ3) is 2.34. The summed E-state index contributed by atoms with van der Waals surface area (Å²) >= 11 is 0. The summed E-state index contributed by atoms with van der Waals surface area (Å²) in [5, 5.41) is 12.5. The highest BCUT2D eigenvalue weighted by Gasteiger charge is 2.45. The second-order valence-electron chi connectivity index (χ2n) is 5.56. The van der Waals surface area contributed by atoms with Gasteiger partial charge in [0.05, 0.1) is 0 Å². The molecule has 5 heteroatoms. The van der Waals surface area contributed by atoms with Crippen molar-refractivity contribution in [1.29, 1.82) is 0 Å². The van der Waals surface area contributed by atoms with Crippen molar-refractivity contribution in [2.45, 2.75) is 30.8 Å². The fourth-order valence-corrected chi connectivity index (χ4v) is 3.20. The minimum atomic E-state index is -0.817.